The number of aliphatic hydroxyl groups is 1. The first-order valence-electron chi connectivity index (χ1n) is 8.35. The van der Waals surface area contributed by atoms with Crippen LogP contribution in [0.1, 0.15) is 25.7 Å². The van der Waals surface area contributed by atoms with Crippen LogP contribution in [-0.2, 0) is 33.2 Å². The molecule has 2 aliphatic rings. The van der Waals surface area contributed by atoms with Crippen molar-refractivity contribution >= 4 is 10.1 Å². The normalized spacial score (nSPS) is 20.4. The van der Waals surface area contributed by atoms with Gasteiger partial charge in [-0.05, 0) is 25.7 Å². The number of hydrogen-bond acceptors (Lipinski definition) is 8. The largest absolute Gasteiger partial charge is 0.394 e. The highest BCUT2D eigenvalue weighted by Gasteiger charge is 2.14. The third kappa shape index (κ3) is 12.1. The molecule has 2 rings (SSSR count). The molecule has 0 unspecified atom stereocenters. The van der Waals surface area contributed by atoms with Crippen LogP contribution >= 0.6 is 0 Å². The monoisotopic (exact) mass is 370 g/mol. The zero-order valence-electron chi connectivity index (χ0n) is 14.4. The van der Waals surface area contributed by atoms with Crippen LogP contribution in [-0.4, -0.2) is 84.8 Å². The molecule has 2 aliphatic heterocycles. The van der Waals surface area contributed by atoms with Crippen LogP contribution in [0.4, 0.5) is 0 Å². The lowest BCUT2D eigenvalue weighted by atomic mass is 10.2. The van der Waals surface area contributed by atoms with Crippen LogP contribution in [0.2, 0.25) is 0 Å². The predicted molar refractivity (Wildman–Crippen MR) is 87.5 cm³/mol. The topological polar surface area (TPSA) is 101 Å². The molecule has 24 heavy (non-hydrogen) atoms. The van der Waals surface area contributed by atoms with Crippen molar-refractivity contribution < 1.29 is 36.7 Å². The minimum atomic E-state index is -3.33. The number of aliphatic hydroxyl groups excluding tert-OH is 1. The number of hydrogen-bond donors (Lipinski definition) is 1. The lowest BCUT2D eigenvalue weighted by Crippen LogP contribution is -2.25. The van der Waals surface area contributed by atoms with Crippen molar-refractivity contribution in [2.45, 2.75) is 37.9 Å². The van der Waals surface area contributed by atoms with Crippen LogP contribution in [0.3, 0.4) is 0 Å². The maximum atomic E-state index is 10.6. The maximum absolute atomic E-state index is 10.6. The Morgan fingerprint density at radius 1 is 0.875 bits per heavy atom. The predicted octanol–water partition coefficient (Wildman–Crippen LogP) is 0.333. The van der Waals surface area contributed by atoms with Crippen LogP contribution in [0.5, 0.6) is 0 Å². The lowest BCUT2D eigenvalue weighted by molar-refractivity contribution is -0.0409. The molecule has 0 saturated carbocycles. The van der Waals surface area contributed by atoms with E-state index < -0.39 is 10.1 Å². The van der Waals surface area contributed by atoms with E-state index in [9.17, 15) is 8.42 Å². The van der Waals surface area contributed by atoms with Gasteiger partial charge >= 0.3 is 0 Å². The molecule has 1 N–H and O–H groups in total. The minimum Gasteiger partial charge on any atom is -0.394 e. The first kappa shape index (κ1) is 21.8. The molecule has 0 aliphatic carbocycles. The van der Waals surface area contributed by atoms with E-state index in [1.165, 1.54) is 0 Å². The Kier molecular flexibility index (Phi) is 11.8. The second-order valence-electron chi connectivity index (χ2n) is 5.61. The van der Waals surface area contributed by atoms with E-state index in [0.717, 1.165) is 58.4 Å². The zero-order valence-corrected chi connectivity index (χ0v) is 15.2. The molecule has 9 heteroatoms. The summed E-state index contributed by atoms with van der Waals surface area (Å²) >= 11 is 0. The van der Waals surface area contributed by atoms with Crippen molar-refractivity contribution in [2.24, 2.45) is 0 Å². The average Bonchev–Trinajstić information content (AvgIpc) is 2.59. The van der Waals surface area contributed by atoms with Crippen molar-refractivity contribution in [2.75, 3.05) is 59.1 Å². The first-order valence-corrected chi connectivity index (χ1v) is 10.2. The summed E-state index contributed by atoms with van der Waals surface area (Å²) in [5.41, 5.74) is 0. The molecule has 0 aromatic rings. The smallest absolute Gasteiger partial charge is 0.264 e. The van der Waals surface area contributed by atoms with Crippen LogP contribution in [0.15, 0.2) is 0 Å². The van der Waals surface area contributed by atoms with Crippen molar-refractivity contribution in [1.29, 1.82) is 0 Å². The Morgan fingerprint density at radius 2 is 1.33 bits per heavy atom. The summed E-state index contributed by atoms with van der Waals surface area (Å²) in [5.74, 6) is 0. The van der Waals surface area contributed by atoms with Gasteiger partial charge in [-0.25, -0.2) is 0 Å². The van der Waals surface area contributed by atoms with Gasteiger partial charge in [-0.2, -0.15) is 8.42 Å². The first-order chi connectivity index (χ1) is 11.5. The second kappa shape index (κ2) is 13.0. The third-order valence-electron chi connectivity index (χ3n) is 3.52. The Bertz CT molecular complexity index is 388. The quantitative estimate of drug-likeness (QED) is 0.482. The van der Waals surface area contributed by atoms with Gasteiger partial charge < -0.3 is 24.1 Å². The lowest BCUT2D eigenvalue weighted by Gasteiger charge is -2.22. The van der Waals surface area contributed by atoms with Crippen molar-refractivity contribution in [3.8, 4) is 0 Å². The van der Waals surface area contributed by atoms with Gasteiger partial charge in [-0.1, -0.05) is 0 Å². The van der Waals surface area contributed by atoms with Gasteiger partial charge in [0.1, 0.15) is 0 Å². The van der Waals surface area contributed by atoms with Gasteiger partial charge in [-0.3, -0.25) is 4.18 Å². The summed E-state index contributed by atoms with van der Waals surface area (Å²) in [6, 6.07) is 0. The molecule has 0 aromatic heterocycles. The zero-order chi connectivity index (χ0) is 17.7. The molecule has 0 atom stereocenters. The van der Waals surface area contributed by atoms with Gasteiger partial charge in [-0.15, -0.1) is 0 Å². The molecule has 0 bridgehead atoms. The maximum Gasteiger partial charge on any atom is 0.264 e. The summed E-state index contributed by atoms with van der Waals surface area (Å²) in [6.45, 7) is 4.04. The highest BCUT2D eigenvalue weighted by atomic mass is 32.2. The van der Waals surface area contributed by atoms with E-state index in [2.05, 4.69) is 4.18 Å². The van der Waals surface area contributed by atoms with Gasteiger partial charge in [0.15, 0.2) is 0 Å². The molecule has 2 heterocycles. The van der Waals surface area contributed by atoms with E-state index in [1.807, 2.05) is 0 Å². The fourth-order valence-corrected chi connectivity index (χ4v) is 2.68. The standard InChI is InChI=1S/C8H16O5S.C7H14O3/c1-14(9,10)13-7-6-12-8-2-4-11-5-3-8;8-3-6-10-7-1-4-9-5-2-7/h8H,2-7H2,1H3;7-8H,1-6H2. The molecule has 144 valence electrons. The molecular weight excluding hydrogens is 340 g/mol. The second-order valence-corrected chi connectivity index (χ2v) is 7.26. The van der Waals surface area contributed by atoms with Gasteiger partial charge in [0, 0.05) is 26.4 Å². The fourth-order valence-electron chi connectivity index (χ4n) is 2.30. The number of ether oxygens (including phenoxy) is 4. The summed E-state index contributed by atoms with van der Waals surface area (Å²) in [5, 5.41) is 8.44. The van der Waals surface area contributed by atoms with Crippen LogP contribution < -0.4 is 0 Å². The van der Waals surface area contributed by atoms with Crippen molar-refractivity contribution in [3.63, 3.8) is 0 Å². The van der Waals surface area contributed by atoms with E-state index in [1.54, 1.807) is 0 Å². The Balaban J connectivity index is 0.000000254. The van der Waals surface area contributed by atoms with E-state index in [-0.39, 0.29) is 19.3 Å². The summed E-state index contributed by atoms with van der Waals surface area (Å²) < 4.78 is 46.7. The molecule has 8 nitrogen and oxygen atoms in total. The number of rotatable bonds is 8. The molecule has 0 spiro atoms. The average molecular weight is 370 g/mol. The van der Waals surface area contributed by atoms with E-state index >= 15 is 0 Å². The summed E-state index contributed by atoms with van der Waals surface area (Å²) in [4.78, 5) is 0. The SMILES string of the molecule is CS(=O)(=O)OCCOC1CCOCC1.OCCOC1CCOCC1. The molecule has 0 radical (unpaired) electrons. The van der Waals surface area contributed by atoms with Crippen molar-refractivity contribution in [3.05, 3.63) is 0 Å². The van der Waals surface area contributed by atoms with E-state index in [4.69, 9.17) is 24.1 Å². The third-order valence-corrected chi connectivity index (χ3v) is 4.11. The Labute approximate surface area is 144 Å². The Morgan fingerprint density at radius 3 is 1.75 bits per heavy atom. The molecule has 2 saturated heterocycles. The minimum absolute atomic E-state index is 0.0934. The van der Waals surface area contributed by atoms with Gasteiger partial charge in [0.25, 0.3) is 10.1 Å². The molecule has 2 fully saturated rings. The highest BCUT2D eigenvalue weighted by Crippen LogP contribution is 2.10. The molecule has 0 aromatic carbocycles. The highest BCUT2D eigenvalue weighted by molar-refractivity contribution is 7.85. The van der Waals surface area contributed by atoms with Crippen LogP contribution in [0.25, 0.3) is 0 Å². The van der Waals surface area contributed by atoms with Crippen LogP contribution in [0, 0.1) is 0 Å². The van der Waals surface area contributed by atoms with Gasteiger partial charge in [0.05, 0.1) is 44.9 Å². The van der Waals surface area contributed by atoms with Crippen molar-refractivity contribution in [1.82, 2.24) is 0 Å². The summed E-state index contributed by atoms with van der Waals surface area (Å²) in [6.07, 6.45) is 5.23. The molecular formula is C15H30O8S. The summed E-state index contributed by atoms with van der Waals surface area (Å²) in [7, 11) is -3.33. The molecule has 0 amide bonds. The fraction of sp³-hybridized carbons (Fsp3) is 1.00. The van der Waals surface area contributed by atoms with Gasteiger partial charge in [0.2, 0.25) is 0 Å². The Hall–Kier alpha value is -0.290. The van der Waals surface area contributed by atoms with E-state index in [0.29, 0.717) is 19.3 Å².